The van der Waals surface area contributed by atoms with Crippen LogP contribution in [0.3, 0.4) is 0 Å². The smallest absolute Gasteiger partial charge is 0.292 e. The molecule has 0 aliphatic carbocycles. The summed E-state index contributed by atoms with van der Waals surface area (Å²) in [5.74, 6) is -1.84. The number of ether oxygens (including phenoxy) is 1. The van der Waals surface area contributed by atoms with Gasteiger partial charge in [-0.05, 0) is 60.0 Å². The van der Waals surface area contributed by atoms with E-state index < -0.39 is 16.7 Å². The Morgan fingerprint density at radius 1 is 0.907 bits per heavy atom. The van der Waals surface area contributed by atoms with E-state index in [4.69, 9.17) is 4.74 Å². The number of carbonyl (C=O) groups is 3. The molecule has 0 bridgehead atoms. The van der Waals surface area contributed by atoms with Crippen molar-refractivity contribution >= 4 is 45.5 Å². The lowest BCUT2D eigenvalue weighted by Gasteiger charge is -2.10. The zero-order valence-corrected chi connectivity index (χ0v) is 23.1. The van der Waals surface area contributed by atoms with E-state index in [0.717, 1.165) is 10.8 Å². The van der Waals surface area contributed by atoms with Gasteiger partial charge in [0.05, 0.1) is 24.0 Å². The first-order chi connectivity index (χ1) is 20.7. The molecule has 0 heterocycles. The lowest BCUT2D eigenvalue weighted by molar-refractivity contribution is -0.383. The van der Waals surface area contributed by atoms with Gasteiger partial charge in [0.15, 0.2) is 17.3 Å². The zero-order valence-electron chi connectivity index (χ0n) is 23.1. The summed E-state index contributed by atoms with van der Waals surface area (Å²) >= 11 is 0. The Kier molecular flexibility index (Phi) is 9.63. The number of aromatic hydroxyl groups is 2. The number of ketones is 1. The Bertz CT molecular complexity index is 1730. The molecule has 4 aromatic rings. The van der Waals surface area contributed by atoms with E-state index in [2.05, 4.69) is 15.8 Å². The highest BCUT2D eigenvalue weighted by molar-refractivity contribution is 6.10. The first kappa shape index (κ1) is 30.2. The van der Waals surface area contributed by atoms with Crippen LogP contribution in [0.1, 0.15) is 46.4 Å². The molecule has 4 aromatic carbocycles. The van der Waals surface area contributed by atoms with Crippen LogP contribution in [0.15, 0.2) is 84.0 Å². The van der Waals surface area contributed by atoms with Crippen molar-refractivity contribution in [3.8, 4) is 17.2 Å². The summed E-state index contributed by atoms with van der Waals surface area (Å²) in [6.07, 6.45) is 0.0409. The van der Waals surface area contributed by atoms with Gasteiger partial charge in [-0.25, -0.2) is 5.43 Å². The third-order valence-corrected chi connectivity index (χ3v) is 6.53. The second kappa shape index (κ2) is 13.7. The maximum atomic E-state index is 13.1. The fourth-order valence-corrected chi connectivity index (χ4v) is 4.33. The number of methoxy groups -OCH3 is 1. The average molecular weight is 585 g/mol. The van der Waals surface area contributed by atoms with Crippen LogP contribution in [-0.4, -0.2) is 45.6 Å². The SMILES string of the molecule is COc1cc(C(=O)C/C(CCCC(=O)Nc2ccccc2[N+](=O)[O-])=N\NC(=O)c2cc3ccccc3cc2O)ccc1O. The quantitative estimate of drug-likeness (QED) is 0.0745. The van der Waals surface area contributed by atoms with Crippen LogP contribution in [0.2, 0.25) is 0 Å². The van der Waals surface area contributed by atoms with Crippen LogP contribution in [0.25, 0.3) is 10.8 Å². The number of benzene rings is 4. The number of nitrogens with one attached hydrogen (secondary N) is 2. The molecular weight excluding hydrogens is 556 g/mol. The second-order valence-electron chi connectivity index (χ2n) is 9.50. The highest BCUT2D eigenvalue weighted by Gasteiger charge is 2.18. The summed E-state index contributed by atoms with van der Waals surface area (Å²) in [5.41, 5.74) is 2.66. The molecule has 0 radical (unpaired) electrons. The van der Waals surface area contributed by atoms with Crippen molar-refractivity contribution in [3.05, 3.63) is 100 Å². The molecule has 2 amide bonds. The van der Waals surface area contributed by atoms with Crippen LogP contribution in [0.4, 0.5) is 11.4 Å². The molecular formula is C31H28N4O8. The van der Waals surface area contributed by atoms with Crippen molar-refractivity contribution in [1.29, 1.82) is 0 Å². The number of phenolic OH excluding ortho intramolecular Hbond substituents is 2. The normalized spacial score (nSPS) is 11.1. The predicted molar refractivity (Wildman–Crippen MR) is 160 cm³/mol. The van der Waals surface area contributed by atoms with Gasteiger partial charge in [0, 0.05) is 23.8 Å². The number of hydrazone groups is 1. The maximum Gasteiger partial charge on any atom is 0.292 e. The number of Topliss-reactive ketones (excluding diaryl/α,β-unsaturated/α-hetero) is 1. The van der Waals surface area contributed by atoms with Gasteiger partial charge >= 0.3 is 0 Å². The van der Waals surface area contributed by atoms with E-state index in [1.807, 2.05) is 0 Å². The molecule has 12 nitrogen and oxygen atoms in total. The third-order valence-electron chi connectivity index (χ3n) is 6.53. The van der Waals surface area contributed by atoms with Gasteiger partial charge in [-0.3, -0.25) is 24.5 Å². The lowest BCUT2D eigenvalue weighted by Crippen LogP contribution is -2.21. The molecule has 0 spiro atoms. The Morgan fingerprint density at radius 2 is 1.60 bits per heavy atom. The average Bonchev–Trinajstić information content (AvgIpc) is 2.99. The van der Waals surface area contributed by atoms with Gasteiger partial charge in [0.25, 0.3) is 11.6 Å². The van der Waals surface area contributed by atoms with Crippen molar-refractivity contribution in [2.24, 2.45) is 5.10 Å². The second-order valence-corrected chi connectivity index (χ2v) is 9.50. The highest BCUT2D eigenvalue weighted by atomic mass is 16.6. The van der Waals surface area contributed by atoms with Gasteiger partial charge < -0.3 is 20.3 Å². The van der Waals surface area contributed by atoms with Crippen molar-refractivity contribution in [2.75, 3.05) is 12.4 Å². The number of hydrogen-bond acceptors (Lipinski definition) is 9. The van der Waals surface area contributed by atoms with Gasteiger partial charge in [-0.2, -0.15) is 5.10 Å². The van der Waals surface area contributed by atoms with Crippen LogP contribution < -0.4 is 15.5 Å². The number of fused-ring (bicyclic) bond motifs is 1. The van der Waals surface area contributed by atoms with E-state index in [1.165, 1.54) is 55.6 Å². The third kappa shape index (κ3) is 7.70. The standard InChI is InChI=1S/C31H28N4O8/c1-43-29-17-21(13-14-26(29)36)27(37)18-22(9-6-12-30(39)32-24-10-4-5-11-25(24)35(41)42)33-34-31(40)23-15-19-7-2-3-8-20(19)16-28(23)38/h2-5,7-8,10-11,13-17,36,38H,6,9,12,18H2,1H3,(H,32,39)(H,34,40)/b33-22-. The summed E-state index contributed by atoms with van der Waals surface area (Å²) in [6.45, 7) is 0. The minimum absolute atomic E-state index is 0.0137. The molecule has 0 aliphatic rings. The first-order valence-electron chi connectivity index (χ1n) is 13.2. The van der Waals surface area contributed by atoms with Crippen molar-refractivity contribution in [1.82, 2.24) is 5.43 Å². The number of anilines is 1. The van der Waals surface area contributed by atoms with E-state index in [1.54, 1.807) is 30.3 Å². The van der Waals surface area contributed by atoms with Gasteiger partial charge in [-0.15, -0.1) is 0 Å². The van der Waals surface area contributed by atoms with Crippen LogP contribution in [0.5, 0.6) is 17.2 Å². The molecule has 12 heteroatoms. The summed E-state index contributed by atoms with van der Waals surface area (Å²) in [4.78, 5) is 49.2. The number of carbonyl (C=O) groups excluding carboxylic acids is 3. The molecule has 0 unspecified atom stereocenters. The molecule has 0 aromatic heterocycles. The number of nitro benzene ring substituents is 1. The topological polar surface area (TPSA) is 180 Å². The van der Waals surface area contributed by atoms with Gasteiger partial charge in [0.2, 0.25) is 5.91 Å². The molecule has 0 aliphatic heterocycles. The Labute approximate surface area is 245 Å². The predicted octanol–water partition coefficient (Wildman–Crippen LogP) is 5.34. The number of rotatable bonds is 12. The van der Waals surface area contributed by atoms with Gasteiger partial charge in [0.1, 0.15) is 11.4 Å². The van der Waals surface area contributed by atoms with Crippen LogP contribution >= 0.6 is 0 Å². The molecule has 4 rings (SSSR count). The largest absolute Gasteiger partial charge is 0.507 e. The van der Waals surface area contributed by atoms with E-state index in [0.29, 0.717) is 0 Å². The first-order valence-corrected chi connectivity index (χ1v) is 13.2. The van der Waals surface area contributed by atoms with E-state index in [9.17, 15) is 34.7 Å². The number of nitrogens with zero attached hydrogens (tertiary/aromatic N) is 2. The van der Waals surface area contributed by atoms with E-state index >= 15 is 0 Å². The van der Waals surface area contributed by atoms with Crippen molar-refractivity contribution in [3.63, 3.8) is 0 Å². The monoisotopic (exact) mass is 584 g/mol. The van der Waals surface area contributed by atoms with E-state index in [-0.39, 0.29) is 76.9 Å². The Morgan fingerprint density at radius 3 is 2.33 bits per heavy atom. The number of para-hydroxylation sites is 2. The van der Waals surface area contributed by atoms with Gasteiger partial charge in [-0.1, -0.05) is 36.4 Å². The summed E-state index contributed by atoms with van der Waals surface area (Å²) in [7, 11) is 1.35. The Hall–Kier alpha value is -5.78. The number of phenols is 2. The summed E-state index contributed by atoms with van der Waals surface area (Å²) in [5, 5.41) is 39.6. The lowest BCUT2D eigenvalue weighted by atomic mass is 10.0. The molecule has 0 fully saturated rings. The van der Waals surface area contributed by atoms with Crippen LogP contribution in [-0.2, 0) is 4.79 Å². The maximum absolute atomic E-state index is 13.1. The molecule has 0 saturated heterocycles. The molecule has 43 heavy (non-hydrogen) atoms. The van der Waals surface area contributed by atoms with Crippen molar-refractivity contribution < 1.29 is 34.3 Å². The number of amides is 2. The van der Waals surface area contributed by atoms with Crippen LogP contribution in [0, 0.1) is 10.1 Å². The highest BCUT2D eigenvalue weighted by Crippen LogP contribution is 2.28. The summed E-state index contributed by atoms with van der Waals surface area (Å²) < 4.78 is 5.07. The minimum Gasteiger partial charge on any atom is -0.507 e. The molecule has 0 atom stereocenters. The fourth-order valence-electron chi connectivity index (χ4n) is 4.33. The summed E-state index contributed by atoms with van der Waals surface area (Å²) in [6, 6.07) is 20.0. The Balaban J connectivity index is 1.49. The fraction of sp³-hybridized carbons (Fsp3) is 0.161. The number of nitro groups is 1. The zero-order chi connectivity index (χ0) is 30.9. The molecule has 0 saturated carbocycles. The molecule has 4 N–H and O–H groups in total. The minimum atomic E-state index is -0.700. The molecule has 220 valence electrons. The van der Waals surface area contributed by atoms with Crippen molar-refractivity contribution in [2.45, 2.75) is 25.7 Å². The number of hydrogen-bond donors (Lipinski definition) is 4.